The lowest BCUT2D eigenvalue weighted by molar-refractivity contribution is 0.1000. The molecule has 2 N–H and O–H groups in total. The van der Waals surface area contributed by atoms with Gasteiger partial charge in [0.05, 0.1) is 17.6 Å². The molecule has 0 fully saturated rings. The molecule has 1 aromatic heterocycles. The highest BCUT2D eigenvalue weighted by Crippen LogP contribution is 2.19. The van der Waals surface area contributed by atoms with Gasteiger partial charge in [-0.3, -0.25) is 4.79 Å². The van der Waals surface area contributed by atoms with E-state index < -0.39 is 5.91 Å². The lowest BCUT2D eigenvalue weighted by Crippen LogP contribution is -2.14. The number of amides is 1. The van der Waals surface area contributed by atoms with Crippen LogP contribution in [0.3, 0.4) is 0 Å². The first kappa shape index (κ1) is 9.92. The number of primary amides is 1. The van der Waals surface area contributed by atoms with Crippen LogP contribution in [-0.4, -0.2) is 15.5 Å². The van der Waals surface area contributed by atoms with E-state index in [4.69, 9.17) is 5.73 Å². The number of carbonyl (C=O) groups is 1. The van der Waals surface area contributed by atoms with Crippen molar-refractivity contribution in [2.75, 3.05) is 0 Å². The van der Waals surface area contributed by atoms with E-state index >= 15 is 0 Å². The van der Waals surface area contributed by atoms with E-state index in [2.05, 4.69) is 20.9 Å². The molecule has 1 amide bonds. The van der Waals surface area contributed by atoms with Gasteiger partial charge in [0.25, 0.3) is 5.91 Å². The molecule has 0 aliphatic carbocycles. The molecule has 15 heavy (non-hydrogen) atoms. The molecule has 1 aromatic carbocycles. The number of hydrogen-bond acceptors (Lipinski definition) is 2. The number of halogens is 1. The van der Waals surface area contributed by atoms with E-state index in [9.17, 15) is 4.79 Å². The maximum Gasteiger partial charge on any atom is 0.250 e. The third-order valence-electron chi connectivity index (χ3n) is 2.01. The average Bonchev–Trinajstić information content (AvgIpc) is 2.70. The molecule has 4 nitrogen and oxygen atoms in total. The zero-order valence-corrected chi connectivity index (χ0v) is 9.31. The van der Waals surface area contributed by atoms with Crippen molar-refractivity contribution in [2.24, 2.45) is 5.73 Å². The van der Waals surface area contributed by atoms with Gasteiger partial charge in [-0.05, 0) is 18.2 Å². The molecule has 0 saturated heterocycles. The minimum absolute atomic E-state index is 0.458. The van der Waals surface area contributed by atoms with Crippen LogP contribution in [-0.2, 0) is 0 Å². The molecule has 0 atom stereocenters. The van der Waals surface area contributed by atoms with Crippen LogP contribution in [0.15, 0.2) is 41.4 Å². The van der Waals surface area contributed by atoms with Crippen LogP contribution >= 0.6 is 15.9 Å². The smallest absolute Gasteiger partial charge is 0.250 e. The molecule has 0 saturated carbocycles. The topological polar surface area (TPSA) is 60.9 Å². The van der Waals surface area contributed by atoms with Gasteiger partial charge in [0.2, 0.25) is 0 Å². The molecule has 5 heteroatoms. The maximum absolute atomic E-state index is 11.2. The summed E-state index contributed by atoms with van der Waals surface area (Å²) >= 11 is 3.30. The summed E-state index contributed by atoms with van der Waals surface area (Å²) in [4.78, 5) is 15.2. The van der Waals surface area contributed by atoms with Crippen molar-refractivity contribution in [2.45, 2.75) is 0 Å². The van der Waals surface area contributed by atoms with Crippen molar-refractivity contribution in [1.29, 1.82) is 0 Å². The SMILES string of the molecule is NC(=O)c1cc(Br)ccc1-n1ccnc1. The summed E-state index contributed by atoms with van der Waals surface area (Å²) in [7, 11) is 0. The van der Waals surface area contributed by atoms with E-state index in [-0.39, 0.29) is 0 Å². The van der Waals surface area contributed by atoms with E-state index in [0.29, 0.717) is 5.56 Å². The van der Waals surface area contributed by atoms with Gasteiger partial charge in [0, 0.05) is 16.9 Å². The summed E-state index contributed by atoms with van der Waals surface area (Å²) in [5.41, 5.74) is 6.48. The minimum atomic E-state index is -0.458. The second-order valence-electron chi connectivity index (χ2n) is 3.00. The lowest BCUT2D eigenvalue weighted by Gasteiger charge is -2.07. The standard InChI is InChI=1S/C10H8BrN3O/c11-7-1-2-9(8(5-7)10(12)15)14-4-3-13-6-14/h1-6H,(H2,12,15). The van der Waals surface area contributed by atoms with Crippen molar-refractivity contribution in [3.8, 4) is 5.69 Å². The number of carbonyl (C=O) groups excluding carboxylic acids is 1. The molecule has 0 spiro atoms. The van der Waals surface area contributed by atoms with Crippen molar-refractivity contribution in [1.82, 2.24) is 9.55 Å². The van der Waals surface area contributed by atoms with Crippen LogP contribution in [0.2, 0.25) is 0 Å². The predicted octanol–water partition coefficient (Wildman–Crippen LogP) is 1.73. The van der Waals surface area contributed by atoms with Gasteiger partial charge in [-0.25, -0.2) is 4.98 Å². The number of benzene rings is 1. The zero-order chi connectivity index (χ0) is 10.8. The molecule has 0 bridgehead atoms. The van der Waals surface area contributed by atoms with Gasteiger partial charge in [-0.2, -0.15) is 0 Å². The van der Waals surface area contributed by atoms with Crippen molar-refractivity contribution in [3.05, 3.63) is 47.0 Å². The average molecular weight is 266 g/mol. The van der Waals surface area contributed by atoms with E-state index in [1.807, 2.05) is 12.1 Å². The van der Waals surface area contributed by atoms with Gasteiger partial charge in [0.15, 0.2) is 0 Å². The van der Waals surface area contributed by atoms with Crippen LogP contribution < -0.4 is 5.73 Å². The van der Waals surface area contributed by atoms with E-state index in [1.54, 1.807) is 29.4 Å². The molecule has 0 aliphatic heterocycles. The number of imidazole rings is 1. The molecular formula is C10H8BrN3O. The highest BCUT2D eigenvalue weighted by Gasteiger charge is 2.09. The summed E-state index contributed by atoms with van der Waals surface area (Å²) in [6.45, 7) is 0. The highest BCUT2D eigenvalue weighted by atomic mass is 79.9. The zero-order valence-electron chi connectivity index (χ0n) is 7.72. The maximum atomic E-state index is 11.2. The van der Waals surface area contributed by atoms with Crippen molar-refractivity contribution in [3.63, 3.8) is 0 Å². The van der Waals surface area contributed by atoms with Gasteiger partial charge < -0.3 is 10.3 Å². The Bertz CT molecular complexity index is 493. The predicted molar refractivity (Wildman–Crippen MR) is 59.8 cm³/mol. The number of hydrogen-bond donors (Lipinski definition) is 1. The second-order valence-corrected chi connectivity index (χ2v) is 3.91. The van der Waals surface area contributed by atoms with E-state index in [1.165, 1.54) is 0 Å². The Labute approximate surface area is 94.9 Å². The highest BCUT2D eigenvalue weighted by molar-refractivity contribution is 9.10. The number of rotatable bonds is 2. The monoisotopic (exact) mass is 265 g/mol. The van der Waals surface area contributed by atoms with Crippen LogP contribution in [0.4, 0.5) is 0 Å². The first-order chi connectivity index (χ1) is 7.18. The fourth-order valence-corrected chi connectivity index (χ4v) is 1.69. The Morgan fingerprint density at radius 2 is 2.27 bits per heavy atom. The summed E-state index contributed by atoms with van der Waals surface area (Å²) < 4.78 is 2.56. The Hall–Kier alpha value is -1.62. The van der Waals surface area contributed by atoms with Crippen molar-refractivity contribution < 1.29 is 4.79 Å². The van der Waals surface area contributed by atoms with Gasteiger partial charge >= 0.3 is 0 Å². The summed E-state index contributed by atoms with van der Waals surface area (Å²) in [5, 5.41) is 0. The van der Waals surface area contributed by atoms with Crippen molar-refractivity contribution >= 4 is 21.8 Å². The van der Waals surface area contributed by atoms with Crippen LogP contribution in [0.1, 0.15) is 10.4 Å². The largest absolute Gasteiger partial charge is 0.366 e. The quantitative estimate of drug-likeness (QED) is 0.899. The Morgan fingerprint density at radius 3 is 2.87 bits per heavy atom. The van der Waals surface area contributed by atoms with Crippen LogP contribution in [0, 0.1) is 0 Å². The van der Waals surface area contributed by atoms with Crippen LogP contribution in [0.5, 0.6) is 0 Å². The minimum Gasteiger partial charge on any atom is -0.366 e. The van der Waals surface area contributed by atoms with Crippen LogP contribution in [0.25, 0.3) is 5.69 Å². The molecule has 1 heterocycles. The van der Waals surface area contributed by atoms with Gasteiger partial charge in [0.1, 0.15) is 0 Å². The molecule has 76 valence electrons. The third-order valence-corrected chi connectivity index (χ3v) is 2.50. The Kier molecular flexibility index (Phi) is 2.55. The third kappa shape index (κ3) is 1.92. The molecule has 2 aromatic rings. The Morgan fingerprint density at radius 1 is 1.47 bits per heavy atom. The second kappa shape index (κ2) is 3.86. The summed E-state index contributed by atoms with van der Waals surface area (Å²) in [5.74, 6) is -0.458. The fourth-order valence-electron chi connectivity index (χ4n) is 1.33. The summed E-state index contributed by atoms with van der Waals surface area (Å²) in [6.07, 6.45) is 5.03. The number of nitrogens with two attached hydrogens (primary N) is 1. The molecule has 0 unspecified atom stereocenters. The summed E-state index contributed by atoms with van der Waals surface area (Å²) in [6, 6.07) is 5.35. The number of nitrogens with zero attached hydrogens (tertiary/aromatic N) is 2. The normalized spacial score (nSPS) is 10.2. The first-order valence-electron chi connectivity index (χ1n) is 4.26. The molecule has 0 radical (unpaired) electrons. The number of aromatic nitrogens is 2. The van der Waals surface area contributed by atoms with E-state index in [0.717, 1.165) is 10.2 Å². The van der Waals surface area contributed by atoms with Gasteiger partial charge in [-0.15, -0.1) is 0 Å². The Balaban J connectivity index is 2.61. The molecule has 0 aliphatic rings. The lowest BCUT2D eigenvalue weighted by atomic mass is 10.1. The fraction of sp³-hybridized carbons (Fsp3) is 0. The van der Waals surface area contributed by atoms with Gasteiger partial charge in [-0.1, -0.05) is 15.9 Å². The first-order valence-corrected chi connectivity index (χ1v) is 5.05. The molecular weight excluding hydrogens is 258 g/mol. The molecule has 2 rings (SSSR count).